The molecule has 1 atom stereocenters. The van der Waals surface area contributed by atoms with Crippen LogP contribution in [0.15, 0.2) is 36.4 Å². The van der Waals surface area contributed by atoms with Crippen molar-refractivity contribution in [2.24, 2.45) is 0 Å². The maximum absolute atomic E-state index is 13.2. The van der Waals surface area contributed by atoms with Crippen molar-refractivity contribution in [3.8, 4) is 0 Å². The van der Waals surface area contributed by atoms with E-state index in [0.717, 1.165) is 12.1 Å². The van der Waals surface area contributed by atoms with E-state index >= 15 is 0 Å². The van der Waals surface area contributed by atoms with Gasteiger partial charge in [0.15, 0.2) is 11.6 Å². The summed E-state index contributed by atoms with van der Waals surface area (Å²) in [5, 5.41) is 4.13. The molecule has 2 aromatic rings. The van der Waals surface area contributed by atoms with Crippen molar-refractivity contribution in [1.29, 1.82) is 0 Å². The van der Waals surface area contributed by atoms with Crippen LogP contribution in [0.5, 0.6) is 0 Å². The molecule has 1 unspecified atom stereocenters. The fraction of sp³-hybridized carbons (Fsp3) is 0.143. The Balaban J connectivity index is 2.20. The Morgan fingerprint density at radius 2 is 1.74 bits per heavy atom. The molecule has 0 bridgehead atoms. The number of benzene rings is 2. The number of rotatable bonds is 3. The lowest BCUT2D eigenvalue weighted by Gasteiger charge is -2.17. The third kappa shape index (κ3) is 3.37. The average molecular weight is 302 g/mol. The molecule has 0 amide bonds. The molecule has 19 heavy (non-hydrogen) atoms. The maximum Gasteiger partial charge on any atom is 0.159 e. The fourth-order valence-electron chi connectivity index (χ4n) is 1.70. The van der Waals surface area contributed by atoms with Crippen LogP contribution in [0.1, 0.15) is 18.5 Å². The highest BCUT2D eigenvalue weighted by atomic mass is 35.5. The van der Waals surface area contributed by atoms with Gasteiger partial charge in [-0.15, -0.1) is 0 Å². The number of hydrogen-bond acceptors (Lipinski definition) is 1. The molecule has 0 aliphatic heterocycles. The topological polar surface area (TPSA) is 12.0 Å². The fourth-order valence-corrected chi connectivity index (χ4v) is 2.17. The summed E-state index contributed by atoms with van der Waals surface area (Å²) in [7, 11) is 0. The van der Waals surface area contributed by atoms with Crippen LogP contribution in [-0.2, 0) is 0 Å². The molecule has 2 rings (SSSR count). The molecule has 0 aromatic heterocycles. The van der Waals surface area contributed by atoms with E-state index in [-0.39, 0.29) is 6.04 Å². The van der Waals surface area contributed by atoms with Gasteiger partial charge in [-0.1, -0.05) is 29.3 Å². The first kappa shape index (κ1) is 14.1. The second kappa shape index (κ2) is 5.76. The molecule has 0 saturated carbocycles. The quantitative estimate of drug-likeness (QED) is 0.795. The molecule has 0 heterocycles. The Bertz CT molecular complexity index is 602. The highest BCUT2D eigenvalue weighted by Crippen LogP contribution is 2.29. The second-order valence-corrected chi connectivity index (χ2v) is 5.01. The molecule has 2 aromatic carbocycles. The lowest BCUT2D eigenvalue weighted by molar-refractivity contribution is 0.506. The summed E-state index contributed by atoms with van der Waals surface area (Å²) < 4.78 is 26.0. The minimum atomic E-state index is -0.867. The molecule has 0 spiro atoms. The minimum Gasteiger partial charge on any atom is -0.377 e. The minimum absolute atomic E-state index is 0.214. The van der Waals surface area contributed by atoms with Crippen LogP contribution in [0.3, 0.4) is 0 Å². The van der Waals surface area contributed by atoms with E-state index in [4.69, 9.17) is 23.2 Å². The molecule has 100 valence electrons. The number of nitrogens with one attached hydrogen (secondary N) is 1. The lowest BCUT2D eigenvalue weighted by Crippen LogP contribution is -2.07. The van der Waals surface area contributed by atoms with Crippen LogP contribution in [0.2, 0.25) is 10.0 Å². The third-order valence-corrected chi connectivity index (χ3v) is 3.29. The highest BCUT2D eigenvalue weighted by molar-refractivity contribution is 6.36. The number of halogens is 4. The average Bonchev–Trinajstić information content (AvgIpc) is 2.36. The van der Waals surface area contributed by atoms with Gasteiger partial charge < -0.3 is 5.32 Å². The van der Waals surface area contributed by atoms with Gasteiger partial charge in [-0.3, -0.25) is 0 Å². The van der Waals surface area contributed by atoms with Crippen molar-refractivity contribution in [3.63, 3.8) is 0 Å². The SMILES string of the molecule is CC(Nc1ccc(Cl)cc1Cl)c1ccc(F)c(F)c1. The van der Waals surface area contributed by atoms with E-state index in [1.165, 1.54) is 6.07 Å². The molecule has 1 nitrogen and oxygen atoms in total. The van der Waals surface area contributed by atoms with Gasteiger partial charge in [0.25, 0.3) is 0 Å². The van der Waals surface area contributed by atoms with Crippen molar-refractivity contribution < 1.29 is 8.78 Å². The normalized spacial score (nSPS) is 12.3. The van der Waals surface area contributed by atoms with E-state index in [9.17, 15) is 8.78 Å². The zero-order chi connectivity index (χ0) is 14.0. The first-order valence-electron chi connectivity index (χ1n) is 5.64. The van der Waals surface area contributed by atoms with Gasteiger partial charge in [-0.2, -0.15) is 0 Å². The molecule has 0 aliphatic carbocycles. The maximum atomic E-state index is 13.2. The van der Waals surface area contributed by atoms with E-state index in [0.29, 0.717) is 21.3 Å². The van der Waals surface area contributed by atoms with E-state index in [2.05, 4.69) is 5.32 Å². The van der Waals surface area contributed by atoms with Crippen molar-refractivity contribution >= 4 is 28.9 Å². The van der Waals surface area contributed by atoms with Crippen molar-refractivity contribution in [2.45, 2.75) is 13.0 Å². The van der Waals surface area contributed by atoms with Gasteiger partial charge >= 0.3 is 0 Å². The van der Waals surface area contributed by atoms with Crippen molar-refractivity contribution in [1.82, 2.24) is 0 Å². The first-order valence-corrected chi connectivity index (χ1v) is 6.39. The predicted molar refractivity (Wildman–Crippen MR) is 74.9 cm³/mol. The van der Waals surface area contributed by atoms with Crippen LogP contribution >= 0.6 is 23.2 Å². The van der Waals surface area contributed by atoms with Crippen LogP contribution < -0.4 is 5.32 Å². The van der Waals surface area contributed by atoms with Gasteiger partial charge in [-0.25, -0.2) is 8.78 Å². The summed E-state index contributed by atoms with van der Waals surface area (Å²) in [5.74, 6) is -1.73. The van der Waals surface area contributed by atoms with Crippen molar-refractivity contribution in [2.75, 3.05) is 5.32 Å². The largest absolute Gasteiger partial charge is 0.377 e. The summed E-state index contributed by atoms with van der Waals surface area (Å²) in [6, 6.07) is 8.63. The predicted octanol–water partition coefficient (Wildman–Crippen LogP) is 5.44. The van der Waals surface area contributed by atoms with Gasteiger partial charge in [0.05, 0.1) is 10.7 Å². The smallest absolute Gasteiger partial charge is 0.159 e. The second-order valence-electron chi connectivity index (χ2n) is 4.16. The summed E-state index contributed by atoms with van der Waals surface area (Å²) in [6.07, 6.45) is 0. The van der Waals surface area contributed by atoms with Crippen LogP contribution in [0, 0.1) is 11.6 Å². The number of hydrogen-bond donors (Lipinski definition) is 1. The van der Waals surface area contributed by atoms with E-state index in [1.807, 2.05) is 6.92 Å². The third-order valence-electron chi connectivity index (χ3n) is 2.75. The molecule has 1 N–H and O–H groups in total. The Morgan fingerprint density at radius 1 is 1.00 bits per heavy atom. The lowest BCUT2D eigenvalue weighted by atomic mass is 10.1. The summed E-state index contributed by atoms with van der Waals surface area (Å²) in [6.45, 7) is 1.83. The van der Waals surface area contributed by atoms with Crippen LogP contribution in [0.4, 0.5) is 14.5 Å². The van der Waals surface area contributed by atoms with Gasteiger partial charge in [0, 0.05) is 11.1 Å². The molecule has 0 radical (unpaired) electrons. The van der Waals surface area contributed by atoms with E-state index < -0.39 is 11.6 Å². The monoisotopic (exact) mass is 301 g/mol. The first-order chi connectivity index (χ1) is 8.97. The summed E-state index contributed by atoms with van der Waals surface area (Å²) >= 11 is 11.8. The zero-order valence-corrected chi connectivity index (χ0v) is 11.6. The van der Waals surface area contributed by atoms with E-state index in [1.54, 1.807) is 18.2 Å². The zero-order valence-electron chi connectivity index (χ0n) is 10.1. The van der Waals surface area contributed by atoms with Gasteiger partial charge in [-0.05, 0) is 42.8 Å². The molecule has 0 aliphatic rings. The van der Waals surface area contributed by atoms with Crippen LogP contribution in [0.25, 0.3) is 0 Å². The van der Waals surface area contributed by atoms with Crippen LogP contribution in [-0.4, -0.2) is 0 Å². The Hall–Kier alpha value is -1.32. The van der Waals surface area contributed by atoms with Gasteiger partial charge in [0.1, 0.15) is 0 Å². The molecular formula is C14H11Cl2F2N. The Kier molecular flexibility index (Phi) is 4.27. The summed E-state index contributed by atoms with van der Waals surface area (Å²) in [5.41, 5.74) is 1.31. The standard InChI is InChI=1S/C14H11Cl2F2N/c1-8(9-2-4-12(17)13(18)6-9)19-14-5-3-10(15)7-11(14)16/h2-8,19H,1H3. The summed E-state index contributed by atoms with van der Waals surface area (Å²) in [4.78, 5) is 0. The molecule has 0 fully saturated rings. The molecular weight excluding hydrogens is 291 g/mol. The Labute approximate surface area is 120 Å². The molecule has 5 heteroatoms. The highest BCUT2D eigenvalue weighted by Gasteiger charge is 2.10. The number of anilines is 1. The van der Waals surface area contributed by atoms with Crippen molar-refractivity contribution in [3.05, 3.63) is 63.6 Å². The Morgan fingerprint density at radius 3 is 2.37 bits per heavy atom. The molecule has 0 saturated heterocycles. The van der Waals surface area contributed by atoms with Gasteiger partial charge in [0.2, 0.25) is 0 Å².